The number of hydrogen-bond donors (Lipinski definition) is 2. The monoisotopic (exact) mass is 293 g/mol. The molecule has 0 radical (unpaired) electrons. The molecular formula is C16H27N3O2. The third kappa shape index (κ3) is 4.93. The smallest absolute Gasteiger partial charge is 0.241 e. The summed E-state index contributed by atoms with van der Waals surface area (Å²) < 4.78 is 5.10. The maximum absolute atomic E-state index is 12.4. The Morgan fingerprint density at radius 1 is 1.38 bits per heavy atom. The molecule has 1 amide bonds. The van der Waals surface area contributed by atoms with Crippen LogP contribution < -0.4 is 15.8 Å². The Bertz CT molecular complexity index is 475. The summed E-state index contributed by atoms with van der Waals surface area (Å²) in [5.74, 6) is 1.15. The SMILES string of the molecule is CCN(CC(C)C)C(C)C(=O)Nc1ccc(OC)cc1N. The summed E-state index contributed by atoms with van der Waals surface area (Å²) in [6.45, 7) is 10.0. The normalized spacial score (nSPS) is 12.5. The van der Waals surface area contributed by atoms with Crippen LogP contribution in [0.15, 0.2) is 18.2 Å². The molecule has 0 aliphatic carbocycles. The Morgan fingerprint density at radius 3 is 2.52 bits per heavy atom. The number of amides is 1. The number of rotatable bonds is 7. The van der Waals surface area contributed by atoms with Crippen LogP contribution in [-0.2, 0) is 4.79 Å². The Hall–Kier alpha value is -1.75. The third-order valence-electron chi connectivity index (χ3n) is 3.45. The minimum Gasteiger partial charge on any atom is -0.497 e. The largest absolute Gasteiger partial charge is 0.497 e. The van der Waals surface area contributed by atoms with E-state index in [1.165, 1.54) is 0 Å². The fourth-order valence-corrected chi connectivity index (χ4v) is 2.21. The molecule has 0 aromatic heterocycles. The number of methoxy groups -OCH3 is 1. The molecule has 0 aliphatic rings. The maximum Gasteiger partial charge on any atom is 0.241 e. The van der Waals surface area contributed by atoms with E-state index in [2.05, 4.69) is 31.0 Å². The van der Waals surface area contributed by atoms with Gasteiger partial charge in [-0.25, -0.2) is 0 Å². The van der Waals surface area contributed by atoms with Gasteiger partial charge in [-0.05, 0) is 31.5 Å². The molecule has 1 rings (SSSR count). The number of ether oxygens (including phenoxy) is 1. The highest BCUT2D eigenvalue weighted by molar-refractivity contribution is 5.97. The first kappa shape index (κ1) is 17.3. The molecule has 0 heterocycles. The predicted octanol–water partition coefficient (Wildman–Crippen LogP) is 2.58. The average Bonchev–Trinajstić information content (AvgIpc) is 2.45. The Kier molecular flexibility index (Phi) is 6.49. The van der Waals surface area contributed by atoms with Crippen LogP contribution in [0.4, 0.5) is 11.4 Å². The Labute approximate surface area is 127 Å². The molecule has 0 saturated carbocycles. The standard InChI is InChI=1S/C16H27N3O2/c1-6-19(10-11(2)3)12(4)16(20)18-15-8-7-13(21-5)9-14(15)17/h7-9,11-12H,6,10,17H2,1-5H3,(H,18,20). The number of nitrogens with two attached hydrogens (primary N) is 1. The molecule has 118 valence electrons. The number of nitrogens with zero attached hydrogens (tertiary/aromatic N) is 1. The molecule has 0 aliphatic heterocycles. The minimum atomic E-state index is -0.195. The van der Waals surface area contributed by atoms with Crippen LogP contribution in [0.2, 0.25) is 0 Å². The number of likely N-dealkylation sites (N-methyl/N-ethyl adjacent to an activating group) is 1. The first-order valence-corrected chi connectivity index (χ1v) is 7.37. The van der Waals surface area contributed by atoms with Gasteiger partial charge in [-0.3, -0.25) is 9.69 Å². The number of nitrogens with one attached hydrogen (secondary N) is 1. The van der Waals surface area contributed by atoms with Gasteiger partial charge in [0.1, 0.15) is 5.75 Å². The topological polar surface area (TPSA) is 67.6 Å². The molecule has 1 aromatic carbocycles. The lowest BCUT2D eigenvalue weighted by molar-refractivity contribution is -0.120. The molecule has 21 heavy (non-hydrogen) atoms. The highest BCUT2D eigenvalue weighted by atomic mass is 16.5. The molecule has 1 aromatic rings. The highest BCUT2D eigenvalue weighted by Crippen LogP contribution is 2.24. The van der Waals surface area contributed by atoms with Crippen molar-refractivity contribution in [3.8, 4) is 5.75 Å². The van der Waals surface area contributed by atoms with Crippen molar-refractivity contribution >= 4 is 17.3 Å². The molecule has 5 nitrogen and oxygen atoms in total. The zero-order valence-corrected chi connectivity index (χ0v) is 13.6. The number of carbonyl (C=O) groups excluding carboxylic acids is 1. The van der Waals surface area contributed by atoms with E-state index < -0.39 is 0 Å². The van der Waals surface area contributed by atoms with Gasteiger partial charge in [0.15, 0.2) is 0 Å². The predicted molar refractivity (Wildman–Crippen MR) is 87.6 cm³/mol. The van der Waals surface area contributed by atoms with Gasteiger partial charge in [-0.1, -0.05) is 20.8 Å². The maximum atomic E-state index is 12.4. The van der Waals surface area contributed by atoms with E-state index in [9.17, 15) is 4.79 Å². The second kappa shape index (κ2) is 7.88. The molecule has 1 unspecified atom stereocenters. The molecule has 3 N–H and O–H groups in total. The third-order valence-corrected chi connectivity index (χ3v) is 3.45. The van der Waals surface area contributed by atoms with Crippen LogP contribution in [0, 0.1) is 5.92 Å². The van der Waals surface area contributed by atoms with Gasteiger partial charge in [0.2, 0.25) is 5.91 Å². The zero-order valence-electron chi connectivity index (χ0n) is 13.6. The lowest BCUT2D eigenvalue weighted by Crippen LogP contribution is -2.43. The van der Waals surface area contributed by atoms with E-state index in [4.69, 9.17) is 10.5 Å². The van der Waals surface area contributed by atoms with Crippen LogP contribution >= 0.6 is 0 Å². The number of anilines is 2. The molecule has 0 spiro atoms. The van der Waals surface area contributed by atoms with E-state index in [-0.39, 0.29) is 11.9 Å². The van der Waals surface area contributed by atoms with E-state index in [0.29, 0.717) is 23.0 Å². The van der Waals surface area contributed by atoms with Gasteiger partial charge >= 0.3 is 0 Å². The van der Waals surface area contributed by atoms with Crippen molar-refractivity contribution in [1.29, 1.82) is 0 Å². The average molecular weight is 293 g/mol. The fraction of sp³-hybridized carbons (Fsp3) is 0.562. The van der Waals surface area contributed by atoms with E-state index in [1.54, 1.807) is 25.3 Å². The quantitative estimate of drug-likeness (QED) is 0.758. The van der Waals surface area contributed by atoms with E-state index in [0.717, 1.165) is 13.1 Å². The second-order valence-corrected chi connectivity index (χ2v) is 5.60. The summed E-state index contributed by atoms with van der Waals surface area (Å²) in [6, 6.07) is 5.05. The Balaban J connectivity index is 2.75. The van der Waals surface area contributed by atoms with Gasteiger partial charge in [0.25, 0.3) is 0 Å². The molecule has 1 atom stereocenters. The van der Waals surface area contributed by atoms with Gasteiger partial charge in [-0.2, -0.15) is 0 Å². The van der Waals surface area contributed by atoms with Crippen LogP contribution in [-0.4, -0.2) is 37.0 Å². The summed E-state index contributed by atoms with van der Waals surface area (Å²) in [4.78, 5) is 14.5. The molecule has 5 heteroatoms. The van der Waals surface area contributed by atoms with E-state index >= 15 is 0 Å². The van der Waals surface area contributed by atoms with Gasteiger partial charge in [0.05, 0.1) is 24.5 Å². The van der Waals surface area contributed by atoms with Gasteiger partial charge in [-0.15, -0.1) is 0 Å². The van der Waals surface area contributed by atoms with Crippen molar-refractivity contribution in [3.05, 3.63) is 18.2 Å². The number of benzene rings is 1. The van der Waals surface area contributed by atoms with E-state index in [1.807, 2.05) is 6.92 Å². The van der Waals surface area contributed by atoms with Crippen LogP contribution in [0.3, 0.4) is 0 Å². The van der Waals surface area contributed by atoms with Gasteiger partial charge in [0, 0.05) is 12.6 Å². The van der Waals surface area contributed by atoms with Crippen molar-refractivity contribution < 1.29 is 9.53 Å². The van der Waals surface area contributed by atoms with Crippen molar-refractivity contribution in [1.82, 2.24) is 4.90 Å². The van der Waals surface area contributed by atoms with Crippen molar-refractivity contribution in [2.45, 2.75) is 33.7 Å². The second-order valence-electron chi connectivity index (χ2n) is 5.60. The lowest BCUT2D eigenvalue weighted by atomic mass is 10.1. The highest BCUT2D eigenvalue weighted by Gasteiger charge is 2.21. The van der Waals surface area contributed by atoms with Crippen LogP contribution in [0.1, 0.15) is 27.7 Å². The van der Waals surface area contributed by atoms with Gasteiger partial charge < -0.3 is 15.8 Å². The summed E-state index contributed by atoms with van der Waals surface area (Å²) in [5.41, 5.74) is 7.05. The lowest BCUT2D eigenvalue weighted by Gasteiger charge is -2.28. The van der Waals surface area contributed by atoms with Crippen molar-refractivity contribution in [2.24, 2.45) is 5.92 Å². The van der Waals surface area contributed by atoms with Crippen molar-refractivity contribution in [3.63, 3.8) is 0 Å². The number of hydrogen-bond acceptors (Lipinski definition) is 4. The van der Waals surface area contributed by atoms with Crippen LogP contribution in [0.25, 0.3) is 0 Å². The summed E-state index contributed by atoms with van der Waals surface area (Å²) in [6.07, 6.45) is 0. The summed E-state index contributed by atoms with van der Waals surface area (Å²) >= 11 is 0. The Morgan fingerprint density at radius 2 is 2.05 bits per heavy atom. The number of nitrogen functional groups attached to an aromatic ring is 1. The zero-order chi connectivity index (χ0) is 16.0. The molecule has 0 fully saturated rings. The summed E-state index contributed by atoms with van der Waals surface area (Å²) in [5, 5.41) is 2.89. The van der Waals surface area contributed by atoms with Crippen LogP contribution in [0.5, 0.6) is 5.75 Å². The molecule has 0 saturated heterocycles. The molecule has 0 bridgehead atoms. The first-order valence-electron chi connectivity index (χ1n) is 7.37. The first-order chi connectivity index (χ1) is 9.88. The van der Waals surface area contributed by atoms with Crippen molar-refractivity contribution in [2.75, 3.05) is 31.2 Å². The molecular weight excluding hydrogens is 266 g/mol. The number of carbonyl (C=O) groups is 1. The summed E-state index contributed by atoms with van der Waals surface area (Å²) in [7, 11) is 1.58. The fourth-order valence-electron chi connectivity index (χ4n) is 2.21. The minimum absolute atomic E-state index is 0.0469.